The Hall–Kier alpha value is -1.16. The van der Waals surface area contributed by atoms with E-state index in [1.165, 1.54) is 32.2 Å². The lowest BCUT2D eigenvalue weighted by Crippen LogP contribution is -2.39. The maximum absolute atomic E-state index is 4.52. The zero-order valence-corrected chi connectivity index (χ0v) is 10.4. The van der Waals surface area contributed by atoms with E-state index in [4.69, 9.17) is 0 Å². The van der Waals surface area contributed by atoms with Crippen LogP contribution in [-0.4, -0.2) is 35.1 Å². The summed E-state index contributed by atoms with van der Waals surface area (Å²) in [5, 5.41) is 3.57. The van der Waals surface area contributed by atoms with Gasteiger partial charge in [-0.3, -0.25) is 4.98 Å². The van der Waals surface area contributed by atoms with Gasteiger partial charge in [-0.25, -0.2) is 4.98 Å². The van der Waals surface area contributed by atoms with Crippen LogP contribution in [0.1, 0.15) is 31.4 Å². The first-order chi connectivity index (χ1) is 8.34. The van der Waals surface area contributed by atoms with E-state index in [9.17, 15) is 0 Å². The van der Waals surface area contributed by atoms with Crippen LogP contribution in [0.2, 0.25) is 0 Å². The molecule has 1 N–H and O–H groups in total. The third-order valence-electron chi connectivity index (χ3n) is 3.69. The average Bonchev–Trinajstić information content (AvgIpc) is 3.05. The summed E-state index contributed by atoms with van der Waals surface area (Å²) in [6.45, 7) is 4.31. The van der Waals surface area contributed by atoms with E-state index in [2.05, 4.69) is 27.1 Å². The molecule has 0 radical (unpaired) electrons. The minimum Gasteiger partial charge on any atom is -0.351 e. The summed E-state index contributed by atoms with van der Waals surface area (Å²) in [6, 6.07) is 1.34. The quantitative estimate of drug-likeness (QED) is 0.854. The molecule has 1 aliphatic heterocycles. The highest BCUT2D eigenvalue weighted by Crippen LogP contribution is 2.32. The van der Waals surface area contributed by atoms with Crippen molar-refractivity contribution in [1.82, 2.24) is 15.3 Å². The third kappa shape index (κ3) is 2.41. The maximum Gasteiger partial charge on any atom is 0.150 e. The highest BCUT2D eigenvalue weighted by Gasteiger charge is 2.33. The van der Waals surface area contributed by atoms with Crippen LogP contribution in [0.3, 0.4) is 0 Å². The van der Waals surface area contributed by atoms with Crippen molar-refractivity contribution in [3.05, 3.63) is 18.1 Å². The SMILES string of the molecule is Cc1nccnc1N(CC1CCCN1)C1CC1. The van der Waals surface area contributed by atoms with Gasteiger partial charge in [-0.1, -0.05) is 0 Å². The van der Waals surface area contributed by atoms with Gasteiger partial charge in [0.2, 0.25) is 0 Å². The minimum atomic E-state index is 0.636. The molecule has 1 atom stereocenters. The molecule has 1 aliphatic carbocycles. The molecule has 1 aromatic rings. The second kappa shape index (κ2) is 4.61. The number of anilines is 1. The Morgan fingerprint density at radius 1 is 1.29 bits per heavy atom. The first kappa shape index (κ1) is 11.0. The van der Waals surface area contributed by atoms with E-state index >= 15 is 0 Å². The molecule has 4 nitrogen and oxygen atoms in total. The molecule has 1 aromatic heterocycles. The fraction of sp³-hybridized carbons (Fsp3) is 0.692. The van der Waals surface area contributed by atoms with Crippen LogP contribution in [0.15, 0.2) is 12.4 Å². The first-order valence-corrected chi connectivity index (χ1v) is 6.62. The average molecular weight is 232 g/mol. The number of nitrogens with one attached hydrogen (secondary N) is 1. The van der Waals surface area contributed by atoms with Crippen LogP contribution in [0.4, 0.5) is 5.82 Å². The van der Waals surface area contributed by atoms with Crippen LogP contribution < -0.4 is 10.2 Å². The van der Waals surface area contributed by atoms with Gasteiger partial charge in [0.1, 0.15) is 5.82 Å². The van der Waals surface area contributed by atoms with Crippen molar-refractivity contribution in [1.29, 1.82) is 0 Å². The topological polar surface area (TPSA) is 41.1 Å². The highest BCUT2D eigenvalue weighted by atomic mass is 15.3. The predicted molar refractivity (Wildman–Crippen MR) is 68.2 cm³/mol. The monoisotopic (exact) mass is 232 g/mol. The summed E-state index contributed by atoms with van der Waals surface area (Å²) in [4.78, 5) is 11.3. The fourth-order valence-electron chi connectivity index (χ4n) is 2.63. The maximum atomic E-state index is 4.52. The lowest BCUT2D eigenvalue weighted by molar-refractivity contribution is 0.574. The Morgan fingerprint density at radius 3 is 2.76 bits per heavy atom. The van der Waals surface area contributed by atoms with E-state index in [1.54, 1.807) is 12.4 Å². The van der Waals surface area contributed by atoms with Crippen molar-refractivity contribution < 1.29 is 0 Å². The number of rotatable bonds is 4. The molecule has 2 heterocycles. The summed E-state index contributed by atoms with van der Waals surface area (Å²) >= 11 is 0. The van der Waals surface area contributed by atoms with Gasteiger partial charge in [0.05, 0.1) is 5.69 Å². The zero-order valence-electron chi connectivity index (χ0n) is 10.4. The zero-order chi connectivity index (χ0) is 11.7. The van der Waals surface area contributed by atoms with Crippen molar-refractivity contribution >= 4 is 5.82 Å². The molecule has 92 valence electrons. The lowest BCUT2D eigenvalue weighted by atomic mass is 10.2. The van der Waals surface area contributed by atoms with E-state index in [0.29, 0.717) is 12.1 Å². The summed E-state index contributed by atoms with van der Waals surface area (Å²) in [6.07, 6.45) is 8.80. The van der Waals surface area contributed by atoms with Gasteiger partial charge in [0.15, 0.2) is 0 Å². The standard InChI is InChI=1S/C13H20N4/c1-10-13(16-8-7-14-10)17(12-4-5-12)9-11-3-2-6-15-11/h7-8,11-12,15H,2-6,9H2,1H3. The van der Waals surface area contributed by atoms with Crippen LogP contribution in [0.25, 0.3) is 0 Å². The first-order valence-electron chi connectivity index (χ1n) is 6.62. The van der Waals surface area contributed by atoms with Crippen LogP contribution >= 0.6 is 0 Å². The van der Waals surface area contributed by atoms with Crippen molar-refractivity contribution in [3.63, 3.8) is 0 Å². The predicted octanol–water partition coefficient (Wildman–Crippen LogP) is 1.51. The Bertz CT molecular complexity index is 383. The largest absolute Gasteiger partial charge is 0.351 e. The number of hydrogen-bond acceptors (Lipinski definition) is 4. The van der Waals surface area contributed by atoms with Gasteiger partial charge in [-0.05, 0) is 39.2 Å². The molecular weight excluding hydrogens is 212 g/mol. The number of nitrogens with zero attached hydrogens (tertiary/aromatic N) is 3. The summed E-state index contributed by atoms with van der Waals surface area (Å²) in [5.74, 6) is 1.09. The van der Waals surface area contributed by atoms with Crippen LogP contribution in [0, 0.1) is 6.92 Å². The molecule has 1 unspecified atom stereocenters. The second-order valence-corrected chi connectivity index (χ2v) is 5.14. The molecule has 0 aromatic carbocycles. The molecule has 2 fully saturated rings. The lowest BCUT2D eigenvalue weighted by Gasteiger charge is -2.27. The summed E-state index contributed by atoms with van der Waals surface area (Å²) in [5.41, 5.74) is 1.05. The second-order valence-electron chi connectivity index (χ2n) is 5.14. The molecule has 1 saturated carbocycles. The molecular formula is C13H20N4. The van der Waals surface area contributed by atoms with E-state index in [1.807, 2.05) is 0 Å². The molecule has 4 heteroatoms. The smallest absolute Gasteiger partial charge is 0.150 e. The van der Waals surface area contributed by atoms with Crippen LogP contribution in [-0.2, 0) is 0 Å². The van der Waals surface area contributed by atoms with Gasteiger partial charge in [-0.15, -0.1) is 0 Å². The van der Waals surface area contributed by atoms with E-state index in [-0.39, 0.29) is 0 Å². The molecule has 17 heavy (non-hydrogen) atoms. The van der Waals surface area contributed by atoms with Crippen molar-refractivity contribution in [3.8, 4) is 0 Å². The Balaban J connectivity index is 1.77. The summed E-state index contributed by atoms with van der Waals surface area (Å²) in [7, 11) is 0. The third-order valence-corrected chi connectivity index (χ3v) is 3.69. The van der Waals surface area contributed by atoms with Gasteiger partial charge < -0.3 is 10.2 Å². The van der Waals surface area contributed by atoms with Gasteiger partial charge in [-0.2, -0.15) is 0 Å². The van der Waals surface area contributed by atoms with E-state index < -0.39 is 0 Å². The molecule has 1 saturated heterocycles. The molecule has 3 rings (SSSR count). The van der Waals surface area contributed by atoms with Gasteiger partial charge in [0.25, 0.3) is 0 Å². The van der Waals surface area contributed by atoms with Crippen LogP contribution in [0.5, 0.6) is 0 Å². The molecule has 0 bridgehead atoms. The Labute approximate surface area is 102 Å². The van der Waals surface area contributed by atoms with Gasteiger partial charge >= 0.3 is 0 Å². The molecule has 0 spiro atoms. The number of aryl methyl sites for hydroxylation is 1. The minimum absolute atomic E-state index is 0.636. The number of aromatic nitrogens is 2. The fourth-order valence-corrected chi connectivity index (χ4v) is 2.63. The Kier molecular flexibility index (Phi) is 2.97. The normalized spacial score (nSPS) is 23.9. The van der Waals surface area contributed by atoms with Crippen molar-refractivity contribution in [2.75, 3.05) is 18.0 Å². The highest BCUT2D eigenvalue weighted by molar-refractivity contribution is 5.45. The van der Waals surface area contributed by atoms with Crippen molar-refractivity contribution in [2.45, 2.75) is 44.7 Å². The van der Waals surface area contributed by atoms with E-state index in [0.717, 1.165) is 18.1 Å². The number of hydrogen-bond donors (Lipinski definition) is 1. The molecule has 2 aliphatic rings. The molecule has 0 amide bonds. The Morgan fingerprint density at radius 2 is 2.12 bits per heavy atom. The van der Waals surface area contributed by atoms with Crippen molar-refractivity contribution in [2.24, 2.45) is 0 Å². The van der Waals surface area contributed by atoms with Gasteiger partial charge in [0, 0.05) is 31.0 Å². The summed E-state index contributed by atoms with van der Waals surface area (Å²) < 4.78 is 0.